The SMILES string of the molecule is COc1ccc(-c2noc(C3CCC(=O)N3Cc3ccccc3F)n2)cc1. The summed E-state index contributed by atoms with van der Waals surface area (Å²) in [4.78, 5) is 18.4. The fourth-order valence-corrected chi connectivity index (χ4v) is 3.23. The van der Waals surface area contributed by atoms with Gasteiger partial charge < -0.3 is 14.2 Å². The monoisotopic (exact) mass is 367 g/mol. The van der Waals surface area contributed by atoms with E-state index in [0.717, 1.165) is 11.3 Å². The first-order chi connectivity index (χ1) is 13.2. The molecule has 0 spiro atoms. The van der Waals surface area contributed by atoms with Gasteiger partial charge in [-0.3, -0.25) is 4.79 Å². The predicted molar refractivity (Wildman–Crippen MR) is 95.2 cm³/mol. The summed E-state index contributed by atoms with van der Waals surface area (Å²) in [5.41, 5.74) is 1.25. The molecule has 0 bridgehead atoms. The van der Waals surface area contributed by atoms with E-state index in [-0.39, 0.29) is 24.3 Å². The standard InChI is InChI=1S/C20H18FN3O3/c1-26-15-8-6-13(7-9-15)19-22-20(27-23-19)17-10-11-18(25)24(17)12-14-4-2-3-5-16(14)21/h2-9,17H,10-12H2,1H3. The number of nitrogens with zero attached hydrogens (tertiary/aromatic N) is 3. The maximum absolute atomic E-state index is 14.0. The second kappa shape index (κ2) is 7.19. The molecule has 0 aliphatic carbocycles. The van der Waals surface area contributed by atoms with Gasteiger partial charge in [0.1, 0.15) is 17.6 Å². The number of halogens is 1. The molecular formula is C20H18FN3O3. The van der Waals surface area contributed by atoms with Crippen molar-refractivity contribution in [3.63, 3.8) is 0 Å². The molecule has 0 N–H and O–H groups in total. The molecule has 6 nitrogen and oxygen atoms in total. The van der Waals surface area contributed by atoms with Crippen LogP contribution in [0.25, 0.3) is 11.4 Å². The number of rotatable bonds is 5. The zero-order valence-electron chi connectivity index (χ0n) is 14.8. The molecule has 2 heterocycles. The zero-order valence-corrected chi connectivity index (χ0v) is 14.8. The minimum atomic E-state index is -0.350. The molecule has 3 aromatic rings. The molecule has 7 heteroatoms. The van der Waals surface area contributed by atoms with Crippen molar-refractivity contribution in [1.82, 2.24) is 15.0 Å². The van der Waals surface area contributed by atoms with Crippen LogP contribution in [0.2, 0.25) is 0 Å². The molecule has 1 unspecified atom stereocenters. The van der Waals surface area contributed by atoms with Crippen LogP contribution >= 0.6 is 0 Å². The predicted octanol–water partition coefficient (Wildman–Crippen LogP) is 3.75. The van der Waals surface area contributed by atoms with Crippen molar-refractivity contribution < 1.29 is 18.4 Å². The highest BCUT2D eigenvalue weighted by molar-refractivity contribution is 5.78. The van der Waals surface area contributed by atoms with E-state index >= 15 is 0 Å². The number of benzene rings is 2. The quantitative estimate of drug-likeness (QED) is 0.687. The number of amides is 1. The van der Waals surface area contributed by atoms with Crippen LogP contribution in [-0.2, 0) is 11.3 Å². The van der Waals surface area contributed by atoms with E-state index in [4.69, 9.17) is 9.26 Å². The number of methoxy groups -OCH3 is 1. The highest BCUT2D eigenvalue weighted by atomic mass is 19.1. The van der Waals surface area contributed by atoms with Crippen molar-refractivity contribution >= 4 is 5.91 Å². The molecule has 2 aromatic carbocycles. The number of carbonyl (C=O) groups excluding carboxylic acids is 1. The summed E-state index contributed by atoms with van der Waals surface area (Å²) in [6.45, 7) is 0.177. The van der Waals surface area contributed by atoms with Gasteiger partial charge >= 0.3 is 0 Å². The number of aromatic nitrogens is 2. The Morgan fingerprint density at radius 1 is 1.22 bits per heavy atom. The minimum absolute atomic E-state index is 0.0487. The van der Waals surface area contributed by atoms with Crippen molar-refractivity contribution in [2.45, 2.75) is 25.4 Å². The molecule has 1 amide bonds. The van der Waals surface area contributed by atoms with Gasteiger partial charge in [-0.1, -0.05) is 23.4 Å². The summed E-state index contributed by atoms with van der Waals surface area (Å²) < 4.78 is 24.6. The number of ether oxygens (including phenoxy) is 1. The van der Waals surface area contributed by atoms with Crippen LogP contribution in [0.5, 0.6) is 5.75 Å². The van der Waals surface area contributed by atoms with E-state index in [0.29, 0.717) is 30.1 Å². The Bertz CT molecular complexity index is 955. The topological polar surface area (TPSA) is 68.5 Å². The van der Waals surface area contributed by atoms with Gasteiger partial charge in [0, 0.05) is 24.1 Å². The Balaban J connectivity index is 1.57. The molecule has 1 saturated heterocycles. The lowest BCUT2D eigenvalue weighted by Crippen LogP contribution is -2.27. The van der Waals surface area contributed by atoms with Gasteiger partial charge in [0.15, 0.2) is 0 Å². The summed E-state index contributed by atoms with van der Waals surface area (Å²) >= 11 is 0. The average Bonchev–Trinajstić information content (AvgIpc) is 3.31. The molecule has 0 radical (unpaired) electrons. The van der Waals surface area contributed by atoms with E-state index in [1.807, 2.05) is 24.3 Å². The Hall–Kier alpha value is -3.22. The molecule has 1 fully saturated rings. The van der Waals surface area contributed by atoms with Crippen molar-refractivity contribution in [1.29, 1.82) is 0 Å². The Labute approximate surface area is 155 Å². The molecular weight excluding hydrogens is 349 g/mol. The first-order valence-corrected chi connectivity index (χ1v) is 8.66. The third-order valence-electron chi connectivity index (χ3n) is 4.70. The normalized spacial score (nSPS) is 16.7. The minimum Gasteiger partial charge on any atom is -0.497 e. The van der Waals surface area contributed by atoms with Gasteiger partial charge in [-0.2, -0.15) is 4.98 Å². The van der Waals surface area contributed by atoms with Crippen LogP contribution < -0.4 is 4.74 Å². The highest BCUT2D eigenvalue weighted by Gasteiger charge is 2.36. The highest BCUT2D eigenvalue weighted by Crippen LogP contribution is 2.34. The first-order valence-electron chi connectivity index (χ1n) is 8.66. The fraction of sp³-hybridized carbons (Fsp3) is 0.250. The fourth-order valence-electron chi connectivity index (χ4n) is 3.23. The summed E-state index contributed by atoms with van der Waals surface area (Å²) in [5, 5.41) is 4.03. The van der Waals surface area contributed by atoms with Crippen LogP contribution in [0.3, 0.4) is 0 Å². The van der Waals surface area contributed by atoms with Gasteiger partial charge in [-0.05, 0) is 36.8 Å². The molecule has 1 aliphatic heterocycles. The summed E-state index contributed by atoms with van der Waals surface area (Å²) in [6, 6.07) is 13.4. The van der Waals surface area contributed by atoms with Gasteiger partial charge in [0.25, 0.3) is 0 Å². The first kappa shape index (κ1) is 17.2. The van der Waals surface area contributed by atoms with Crippen molar-refractivity contribution in [2.24, 2.45) is 0 Å². The number of hydrogen-bond donors (Lipinski definition) is 0. The summed E-state index contributed by atoms with van der Waals surface area (Å²) in [6.07, 6.45) is 0.941. The number of likely N-dealkylation sites (tertiary alicyclic amines) is 1. The van der Waals surface area contributed by atoms with Gasteiger partial charge in [-0.15, -0.1) is 0 Å². The lowest BCUT2D eigenvalue weighted by Gasteiger charge is -2.22. The van der Waals surface area contributed by atoms with Crippen molar-refractivity contribution in [2.75, 3.05) is 7.11 Å². The lowest BCUT2D eigenvalue weighted by molar-refractivity contribution is -0.130. The van der Waals surface area contributed by atoms with Crippen molar-refractivity contribution in [3.8, 4) is 17.1 Å². The number of carbonyl (C=O) groups is 1. The third kappa shape index (κ3) is 3.40. The largest absolute Gasteiger partial charge is 0.497 e. The van der Waals surface area contributed by atoms with Gasteiger partial charge in [-0.25, -0.2) is 4.39 Å². The van der Waals surface area contributed by atoms with E-state index < -0.39 is 0 Å². The van der Waals surface area contributed by atoms with Gasteiger partial charge in [0.05, 0.1) is 7.11 Å². The zero-order chi connectivity index (χ0) is 18.8. The molecule has 0 saturated carbocycles. The van der Waals surface area contributed by atoms with Crippen LogP contribution in [0.4, 0.5) is 4.39 Å². The number of hydrogen-bond acceptors (Lipinski definition) is 5. The Morgan fingerprint density at radius 3 is 2.74 bits per heavy atom. The molecule has 27 heavy (non-hydrogen) atoms. The lowest BCUT2D eigenvalue weighted by atomic mass is 10.1. The molecule has 138 valence electrons. The average molecular weight is 367 g/mol. The summed E-state index contributed by atoms with van der Waals surface area (Å²) in [5.74, 6) is 1.16. The second-order valence-corrected chi connectivity index (χ2v) is 6.35. The Morgan fingerprint density at radius 2 is 2.00 bits per heavy atom. The van der Waals surface area contributed by atoms with Gasteiger partial charge in [0.2, 0.25) is 17.6 Å². The molecule has 1 aliphatic rings. The summed E-state index contributed by atoms with van der Waals surface area (Å²) in [7, 11) is 1.60. The van der Waals surface area contributed by atoms with Crippen LogP contribution in [0.1, 0.15) is 30.3 Å². The Kier molecular flexibility index (Phi) is 4.58. The molecule has 1 atom stereocenters. The molecule has 4 rings (SSSR count). The van der Waals surface area contributed by atoms with E-state index in [1.54, 1.807) is 30.2 Å². The maximum atomic E-state index is 14.0. The third-order valence-corrected chi connectivity index (χ3v) is 4.70. The second-order valence-electron chi connectivity index (χ2n) is 6.35. The van der Waals surface area contributed by atoms with E-state index in [2.05, 4.69) is 10.1 Å². The van der Waals surface area contributed by atoms with Crippen LogP contribution in [0.15, 0.2) is 53.1 Å². The smallest absolute Gasteiger partial charge is 0.249 e. The maximum Gasteiger partial charge on any atom is 0.249 e. The van der Waals surface area contributed by atoms with Crippen molar-refractivity contribution in [3.05, 3.63) is 65.8 Å². The van der Waals surface area contributed by atoms with E-state index in [9.17, 15) is 9.18 Å². The van der Waals surface area contributed by atoms with Crippen LogP contribution in [0, 0.1) is 5.82 Å². The van der Waals surface area contributed by atoms with E-state index in [1.165, 1.54) is 6.07 Å². The molecule has 1 aromatic heterocycles. The van der Waals surface area contributed by atoms with Crippen LogP contribution in [-0.4, -0.2) is 28.1 Å².